The summed E-state index contributed by atoms with van der Waals surface area (Å²) < 4.78 is 0. The predicted octanol–water partition coefficient (Wildman–Crippen LogP) is 8.94. The molecule has 11 nitrogen and oxygen atoms in total. The largest absolute Gasteiger partial charge is 0.478 e. The molecule has 4 fully saturated rings. The molecule has 8 rings (SSSR count). The number of amides is 3. The summed E-state index contributed by atoms with van der Waals surface area (Å²) in [4.78, 5) is 54.6. The van der Waals surface area contributed by atoms with E-state index in [4.69, 9.17) is 10.5 Å². The number of benzene rings is 4. The molecule has 2 aliphatic heterocycles. The number of hydrogen-bond donors (Lipinski definition) is 3. The van der Waals surface area contributed by atoms with E-state index in [1.54, 1.807) is 13.1 Å². The monoisotopic (exact) mass is 848 g/mol. The maximum absolute atomic E-state index is 13.3. The first kappa shape index (κ1) is 46.2. The molecule has 2 heterocycles. The number of carbonyl (C=O) groups is 4. The molecule has 3 amide bonds. The van der Waals surface area contributed by atoms with Gasteiger partial charge in [0.25, 0.3) is 17.7 Å². The Balaban J connectivity index is 0.000000202. The fourth-order valence-electron chi connectivity index (χ4n) is 9.38. The summed E-state index contributed by atoms with van der Waals surface area (Å²) in [6.07, 6.45) is 10.1. The van der Waals surface area contributed by atoms with Crippen LogP contribution in [0.3, 0.4) is 0 Å². The van der Waals surface area contributed by atoms with Crippen LogP contribution in [0.1, 0.15) is 174 Å². The van der Waals surface area contributed by atoms with Gasteiger partial charge in [0.15, 0.2) is 0 Å². The van der Waals surface area contributed by atoms with Crippen LogP contribution in [-0.2, 0) is 0 Å². The van der Waals surface area contributed by atoms with Gasteiger partial charge < -0.3 is 26.0 Å². The van der Waals surface area contributed by atoms with Gasteiger partial charge in [-0.25, -0.2) is 4.79 Å². The van der Waals surface area contributed by atoms with Crippen molar-refractivity contribution >= 4 is 23.7 Å². The first-order valence-electron chi connectivity index (χ1n) is 22.4. The van der Waals surface area contributed by atoms with Gasteiger partial charge >= 0.3 is 5.97 Å². The molecule has 63 heavy (non-hydrogen) atoms. The lowest BCUT2D eigenvalue weighted by Gasteiger charge is -2.33. The zero-order valence-corrected chi connectivity index (χ0v) is 37.1. The molecule has 4 aromatic rings. The number of nitrogens with zero attached hydrogens (tertiary/aromatic N) is 4. The topological polar surface area (TPSA) is 181 Å². The van der Waals surface area contributed by atoms with Crippen molar-refractivity contribution < 1.29 is 24.3 Å². The number of likely N-dealkylation sites (tertiary alicyclic amines) is 2. The Labute approximate surface area is 371 Å². The number of aromatic carboxylic acids is 1. The average molecular weight is 849 g/mol. The molecular weight excluding hydrogens is 789 g/mol. The molecule has 2 saturated carbocycles. The van der Waals surface area contributed by atoms with Gasteiger partial charge in [-0.3, -0.25) is 14.4 Å². The first-order valence-corrected chi connectivity index (χ1v) is 22.4. The van der Waals surface area contributed by atoms with Gasteiger partial charge in [-0.15, -0.1) is 0 Å². The third kappa shape index (κ3) is 10.5. The van der Waals surface area contributed by atoms with Gasteiger partial charge in [0, 0.05) is 49.9 Å². The summed E-state index contributed by atoms with van der Waals surface area (Å²) in [6.45, 7) is 6.58. The van der Waals surface area contributed by atoms with Gasteiger partial charge in [-0.05, 0) is 166 Å². The number of carbonyl (C=O) groups excluding carboxylic acids is 3. The molecule has 4 aromatic carbocycles. The Morgan fingerprint density at radius 2 is 0.937 bits per heavy atom. The van der Waals surface area contributed by atoms with E-state index in [1.165, 1.54) is 24.6 Å². The van der Waals surface area contributed by atoms with E-state index in [9.17, 15) is 24.3 Å². The Morgan fingerprint density at radius 1 is 0.571 bits per heavy atom. The van der Waals surface area contributed by atoms with Crippen LogP contribution < -0.4 is 11.1 Å². The summed E-state index contributed by atoms with van der Waals surface area (Å²) in [6, 6.07) is 27.2. The van der Waals surface area contributed by atoms with Crippen molar-refractivity contribution in [1.29, 1.82) is 10.5 Å². The van der Waals surface area contributed by atoms with Crippen LogP contribution in [0.25, 0.3) is 0 Å². The van der Waals surface area contributed by atoms with Crippen molar-refractivity contribution in [2.45, 2.75) is 102 Å². The first-order chi connectivity index (χ1) is 30.5. The molecule has 328 valence electrons. The van der Waals surface area contributed by atoms with Crippen LogP contribution in [0.4, 0.5) is 0 Å². The van der Waals surface area contributed by atoms with Gasteiger partial charge in [-0.2, -0.15) is 10.5 Å². The predicted molar refractivity (Wildman–Crippen MR) is 244 cm³/mol. The van der Waals surface area contributed by atoms with Gasteiger partial charge in [0.2, 0.25) is 0 Å². The van der Waals surface area contributed by atoms with Crippen LogP contribution in [0, 0.1) is 36.5 Å². The standard InChI is InChI=1S/C26H29N3O2.C25H26N2O3.CH5N/c1-17-14-23(21-4-3-5-21)24(25(30)28-2)15-22(17)26(31)29-12-10-20(11-13-29)19-8-6-18(16-27)7-9-19;1-16-13-22(20-3-2-4-20)23(25(29)30)14-21(16)24(28)27-11-9-19(10-12-27)18-7-5-17(15-26)6-8-18;1-2/h6-9,14-15,20-21H,3-5,10-13H2,1-2H3,(H,28,30);5-8,13-14,19-20H,2-4,9-12H2,1H3,(H,29,30);2H2,1H3. The van der Waals surface area contributed by atoms with Crippen molar-refractivity contribution in [1.82, 2.24) is 15.1 Å². The lowest BCUT2D eigenvalue weighted by Crippen LogP contribution is -2.38. The van der Waals surface area contributed by atoms with Gasteiger partial charge in [0.1, 0.15) is 0 Å². The van der Waals surface area contributed by atoms with E-state index in [1.807, 2.05) is 84.3 Å². The van der Waals surface area contributed by atoms with Crippen molar-refractivity contribution in [3.8, 4) is 12.1 Å². The number of nitriles is 2. The number of nitrogens with one attached hydrogen (secondary N) is 1. The number of hydrogen-bond acceptors (Lipinski definition) is 7. The molecule has 0 atom stereocenters. The molecule has 2 saturated heterocycles. The molecule has 2 aliphatic carbocycles. The summed E-state index contributed by atoms with van der Waals surface area (Å²) in [5.74, 6) is 0.384. The molecule has 0 aromatic heterocycles. The Hall–Kier alpha value is -6.30. The highest BCUT2D eigenvalue weighted by Crippen LogP contribution is 2.41. The lowest BCUT2D eigenvalue weighted by atomic mass is 9.77. The second-order valence-electron chi connectivity index (χ2n) is 17.2. The van der Waals surface area contributed by atoms with Crippen LogP contribution in [0.5, 0.6) is 0 Å². The fourth-order valence-corrected chi connectivity index (χ4v) is 9.38. The SMILES string of the molecule is CN.CNC(=O)c1cc(C(=O)N2CCC(c3ccc(C#N)cc3)CC2)c(C)cc1C1CCC1.Cc1cc(C2CCC2)c(C(=O)O)cc1C(=O)N1CCC(c2ccc(C#N)cc2)CC1. The lowest BCUT2D eigenvalue weighted by molar-refractivity contribution is 0.0689. The average Bonchev–Trinajstić information content (AvgIpc) is 3.28. The molecule has 0 bridgehead atoms. The zero-order valence-electron chi connectivity index (χ0n) is 37.1. The van der Waals surface area contributed by atoms with Crippen molar-refractivity contribution in [3.63, 3.8) is 0 Å². The third-order valence-electron chi connectivity index (χ3n) is 13.6. The third-order valence-corrected chi connectivity index (χ3v) is 13.6. The second kappa shape index (κ2) is 21.2. The number of rotatable bonds is 8. The maximum atomic E-state index is 13.3. The normalized spacial score (nSPS) is 16.7. The molecule has 4 N–H and O–H groups in total. The minimum Gasteiger partial charge on any atom is -0.478 e. The minimum atomic E-state index is -0.953. The quantitative estimate of drug-likeness (QED) is 0.157. The summed E-state index contributed by atoms with van der Waals surface area (Å²) >= 11 is 0. The molecule has 0 unspecified atom stereocenters. The highest BCUT2D eigenvalue weighted by molar-refractivity contribution is 6.02. The van der Waals surface area contributed by atoms with Crippen molar-refractivity contribution in [3.05, 3.63) is 140 Å². The van der Waals surface area contributed by atoms with Crippen LogP contribution in [-0.4, -0.2) is 78.9 Å². The highest BCUT2D eigenvalue weighted by Gasteiger charge is 2.31. The minimum absolute atomic E-state index is 0.0149. The van der Waals surface area contributed by atoms with Crippen LogP contribution in [0.15, 0.2) is 72.8 Å². The Kier molecular flexibility index (Phi) is 15.5. The number of carboxylic acids is 1. The fraction of sp³-hybridized carbons (Fsp3) is 0.423. The van der Waals surface area contributed by atoms with Gasteiger partial charge in [-0.1, -0.05) is 49.2 Å². The number of carboxylic acid groups (broad SMARTS) is 1. The molecule has 0 radical (unpaired) electrons. The van der Waals surface area contributed by atoms with Crippen molar-refractivity contribution in [2.75, 3.05) is 40.3 Å². The Bertz CT molecular complexity index is 2370. The number of nitrogens with two attached hydrogens (primary N) is 1. The smallest absolute Gasteiger partial charge is 0.335 e. The van der Waals surface area contributed by atoms with Crippen LogP contribution >= 0.6 is 0 Å². The van der Waals surface area contributed by atoms with E-state index in [-0.39, 0.29) is 23.3 Å². The summed E-state index contributed by atoms with van der Waals surface area (Å²) in [7, 11) is 3.14. The second-order valence-corrected chi connectivity index (χ2v) is 17.2. The number of piperidine rings is 2. The molecule has 11 heteroatoms. The van der Waals surface area contributed by atoms with Crippen molar-refractivity contribution in [2.24, 2.45) is 5.73 Å². The summed E-state index contributed by atoms with van der Waals surface area (Å²) in [5.41, 5.74) is 14.1. The molecule has 0 spiro atoms. The molecular formula is C52H60N6O5. The Morgan fingerprint density at radius 3 is 1.25 bits per heavy atom. The van der Waals surface area contributed by atoms with E-state index in [0.717, 1.165) is 80.0 Å². The van der Waals surface area contributed by atoms with E-state index < -0.39 is 5.97 Å². The van der Waals surface area contributed by atoms with Gasteiger partial charge in [0.05, 0.1) is 28.8 Å². The highest BCUT2D eigenvalue weighted by atomic mass is 16.4. The van der Waals surface area contributed by atoms with E-state index >= 15 is 0 Å². The maximum Gasteiger partial charge on any atom is 0.335 e. The van der Waals surface area contributed by atoms with E-state index in [0.29, 0.717) is 77.7 Å². The molecule has 4 aliphatic rings. The zero-order chi connectivity index (χ0) is 45.2. The summed E-state index contributed by atoms with van der Waals surface area (Å²) in [5, 5.41) is 30.4. The number of aryl methyl sites for hydroxylation is 2. The van der Waals surface area contributed by atoms with E-state index in [2.05, 4.69) is 29.3 Å². The van der Waals surface area contributed by atoms with Crippen LogP contribution in [0.2, 0.25) is 0 Å².